The molecule has 1 saturated heterocycles. The van der Waals surface area contributed by atoms with Gasteiger partial charge in [-0.3, -0.25) is 9.59 Å². The predicted molar refractivity (Wildman–Crippen MR) is 189 cm³/mol. The van der Waals surface area contributed by atoms with Crippen molar-refractivity contribution < 1.29 is 63.3 Å². The van der Waals surface area contributed by atoms with Gasteiger partial charge in [-0.1, -0.05) is 67.4 Å². The van der Waals surface area contributed by atoms with E-state index in [2.05, 4.69) is 19.2 Å². The number of carbonyl (C=O) groups excluding carboxylic acids is 3. The summed E-state index contributed by atoms with van der Waals surface area (Å²) in [5, 5.41) is 26.2. The number of carbonyl (C=O) groups is 3. The Kier molecular flexibility index (Phi) is 9.39. The number of ketones is 2. The number of halogens is 2. The summed E-state index contributed by atoms with van der Waals surface area (Å²) >= 11 is 12.2. The van der Waals surface area contributed by atoms with Crippen LogP contribution in [0.1, 0.15) is 81.3 Å². The van der Waals surface area contributed by atoms with Crippen LogP contribution >= 0.6 is 23.2 Å². The van der Waals surface area contributed by atoms with Crippen LogP contribution in [0.5, 0.6) is 0 Å². The number of rotatable bonds is 4. The van der Waals surface area contributed by atoms with E-state index in [0.717, 1.165) is 24.8 Å². The molecule has 2 saturated carbocycles. The number of aliphatic hydroxyl groups is 1. The molecule has 262 valence electrons. The van der Waals surface area contributed by atoms with E-state index in [1.807, 2.05) is 46.1 Å². The van der Waals surface area contributed by atoms with Crippen molar-refractivity contribution in [3.05, 3.63) is 105 Å². The molecular weight excluding hydrogens is 700 g/mol. The average molecular weight is 741 g/mol. The van der Waals surface area contributed by atoms with Gasteiger partial charge in [-0.2, -0.15) is 0 Å². The number of furan rings is 1. The van der Waals surface area contributed by atoms with Crippen molar-refractivity contribution in [3.63, 3.8) is 0 Å². The van der Waals surface area contributed by atoms with Gasteiger partial charge in [0.25, 0.3) is 0 Å². The van der Waals surface area contributed by atoms with E-state index in [-0.39, 0.29) is 75.8 Å². The molecule has 1 aliphatic heterocycles. The molecule has 8 rings (SSSR count). The Morgan fingerprint density at radius 1 is 1.04 bits per heavy atom. The Morgan fingerprint density at radius 3 is 2.41 bits per heavy atom. The first-order chi connectivity index (χ1) is 23.5. The van der Waals surface area contributed by atoms with Crippen LogP contribution in [0.3, 0.4) is 0 Å². The number of carboxylic acids is 1. The van der Waals surface area contributed by atoms with Crippen LogP contribution in [0.2, 0.25) is 10.0 Å². The maximum atomic E-state index is 14.0. The van der Waals surface area contributed by atoms with Crippen LogP contribution in [0.4, 0.5) is 11.4 Å². The Hall–Kier alpha value is -2.85. The fourth-order valence-corrected chi connectivity index (χ4v) is 10.9. The molecule has 2 N–H and O–H groups in total. The first-order valence-corrected chi connectivity index (χ1v) is 17.7. The molecule has 1 aromatic heterocycles. The maximum absolute atomic E-state index is 14.0. The summed E-state index contributed by atoms with van der Waals surface area (Å²) in [7, 11) is 0. The Labute approximate surface area is 329 Å². The molecule has 3 aromatic rings. The van der Waals surface area contributed by atoms with E-state index in [9.17, 15) is 24.6 Å². The normalized spacial score (nSPS) is 33.8. The summed E-state index contributed by atoms with van der Waals surface area (Å²) in [6.45, 7) is 11.9. The number of anilines is 2. The van der Waals surface area contributed by atoms with Gasteiger partial charge < -0.3 is 29.5 Å². The second-order valence-corrected chi connectivity index (χ2v) is 16.4. The fourth-order valence-electron chi connectivity index (χ4n) is 10.5. The fraction of sp³-hybridized carbons (Fsp3) is 0.425. The number of aryl methyl sites for hydroxylation is 1. The first-order valence-electron chi connectivity index (χ1n) is 16.9. The number of carboxylic acid groups (broad SMARTS) is 1. The maximum Gasteiger partial charge on any atom is 1.00 e. The molecule has 3 fully saturated rings. The third kappa shape index (κ3) is 5.11. The van der Waals surface area contributed by atoms with Crippen molar-refractivity contribution in [2.45, 2.75) is 78.4 Å². The van der Waals surface area contributed by atoms with Crippen LogP contribution in [0.25, 0.3) is 0 Å². The van der Waals surface area contributed by atoms with Gasteiger partial charge in [0, 0.05) is 22.1 Å². The second-order valence-electron chi connectivity index (χ2n) is 15.6. The number of allylic oxidation sites excluding steroid dienone is 4. The quantitative estimate of drug-likeness (QED) is 0.272. The molecule has 7 unspecified atom stereocenters. The SMILES string of the molecule is CC1(C)C(=O)C=CC2(C)C1=C(O)C(=O)C1(C)C2CCC2(C)C(c3ccoc3)CC3OC321.Cc1ccc(Cl)c(Nc2ccccc2C(=O)[O-])c1Cl.[Na+]. The van der Waals surface area contributed by atoms with E-state index in [4.69, 9.17) is 32.4 Å². The molecular formula is C40H40Cl2NNaO7. The zero-order chi connectivity index (χ0) is 36.2. The molecule has 0 radical (unpaired) electrons. The molecule has 0 amide bonds. The van der Waals surface area contributed by atoms with Crippen molar-refractivity contribution in [2.75, 3.05) is 5.32 Å². The minimum absolute atomic E-state index is 0. The van der Waals surface area contributed by atoms with E-state index >= 15 is 0 Å². The number of benzene rings is 2. The third-order valence-corrected chi connectivity index (χ3v) is 13.7. The molecule has 2 heterocycles. The zero-order valence-electron chi connectivity index (χ0n) is 29.9. The smallest absolute Gasteiger partial charge is 0.545 e. The van der Waals surface area contributed by atoms with Crippen LogP contribution in [0.15, 0.2) is 82.9 Å². The van der Waals surface area contributed by atoms with Crippen molar-refractivity contribution >= 4 is 52.1 Å². The van der Waals surface area contributed by atoms with Crippen molar-refractivity contribution in [3.8, 4) is 0 Å². The van der Waals surface area contributed by atoms with Crippen LogP contribution in [-0.4, -0.2) is 34.3 Å². The van der Waals surface area contributed by atoms with E-state index in [1.54, 1.807) is 42.7 Å². The number of fused-ring (bicyclic) bond motifs is 3. The molecule has 8 nitrogen and oxygen atoms in total. The van der Waals surface area contributed by atoms with Gasteiger partial charge in [0.15, 0.2) is 11.5 Å². The summed E-state index contributed by atoms with van der Waals surface area (Å²) in [5.41, 5.74) is 0.369. The number of nitrogens with one attached hydrogen (secondary N) is 1. The van der Waals surface area contributed by atoms with Gasteiger partial charge in [-0.25, -0.2) is 0 Å². The molecule has 4 aliphatic carbocycles. The van der Waals surface area contributed by atoms with Crippen molar-refractivity contribution in [1.82, 2.24) is 0 Å². The minimum Gasteiger partial charge on any atom is -0.545 e. The van der Waals surface area contributed by atoms with E-state index in [1.165, 1.54) is 11.6 Å². The Bertz CT molecular complexity index is 2020. The summed E-state index contributed by atoms with van der Waals surface area (Å²) in [4.78, 5) is 37.8. The monoisotopic (exact) mass is 739 g/mol. The van der Waals surface area contributed by atoms with Gasteiger partial charge in [0.05, 0.1) is 51.2 Å². The molecule has 5 aliphatic rings. The summed E-state index contributed by atoms with van der Waals surface area (Å²) in [5.74, 6) is -1.57. The number of ether oxygens (including phenoxy) is 1. The summed E-state index contributed by atoms with van der Waals surface area (Å²) < 4.78 is 11.9. The van der Waals surface area contributed by atoms with Crippen LogP contribution in [0, 0.1) is 34.5 Å². The number of hydrogen-bond acceptors (Lipinski definition) is 8. The standard InChI is InChI=1S/C26H30O5.C14H11Cl2NO2.Na/c1-22(2)17(27)7-9-23(3)16-6-10-24(4)15(14-8-11-30-13-14)12-18-26(24,31-18)25(16,5)21(29)19(28)20(22)23;1-8-6-7-10(15)13(12(8)16)17-11-5-3-2-4-9(11)14(18)19;/h7-9,11,13,15-16,18,28H,6,10,12H2,1-5H3;2-7,17H,1H3,(H,18,19);/q;;+1/p-1. The van der Waals surface area contributed by atoms with Gasteiger partial charge in [-0.15, -0.1) is 0 Å². The number of aliphatic hydroxyl groups excluding tert-OH is 1. The third-order valence-electron chi connectivity index (χ3n) is 12.9. The number of epoxide rings is 1. The summed E-state index contributed by atoms with van der Waals surface area (Å²) in [6.07, 6.45) is 9.76. The number of aromatic carboxylic acids is 1. The van der Waals surface area contributed by atoms with Gasteiger partial charge >= 0.3 is 29.6 Å². The first kappa shape index (κ1) is 37.9. The molecule has 2 aromatic carbocycles. The van der Waals surface area contributed by atoms with Gasteiger partial charge in [0.1, 0.15) is 5.60 Å². The molecule has 11 heteroatoms. The average Bonchev–Trinajstić information content (AvgIpc) is 3.42. The summed E-state index contributed by atoms with van der Waals surface area (Å²) in [6, 6.07) is 11.9. The second kappa shape index (κ2) is 12.6. The molecule has 0 bridgehead atoms. The molecule has 1 spiro atoms. The Balaban J connectivity index is 0.000000194. The number of para-hydroxylation sites is 1. The molecule has 51 heavy (non-hydrogen) atoms. The van der Waals surface area contributed by atoms with Crippen LogP contribution < -0.4 is 40.0 Å². The topological polar surface area (TPSA) is 132 Å². The largest absolute Gasteiger partial charge is 1.00 e. The van der Waals surface area contributed by atoms with E-state index in [0.29, 0.717) is 27.0 Å². The number of Topliss-reactive ketones (excluding diaryl/α,β-unsaturated/α-hetero) is 1. The van der Waals surface area contributed by atoms with Crippen LogP contribution in [-0.2, 0) is 14.3 Å². The Morgan fingerprint density at radius 2 is 1.75 bits per heavy atom. The van der Waals surface area contributed by atoms with E-state index < -0.39 is 27.8 Å². The van der Waals surface area contributed by atoms with Crippen molar-refractivity contribution in [2.24, 2.45) is 27.6 Å². The van der Waals surface area contributed by atoms with Gasteiger partial charge in [0.2, 0.25) is 5.78 Å². The minimum atomic E-state index is -1.26. The predicted octanol–water partition coefficient (Wildman–Crippen LogP) is 5.31. The van der Waals surface area contributed by atoms with Crippen molar-refractivity contribution in [1.29, 1.82) is 0 Å². The molecule has 7 atom stereocenters. The van der Waals surface area contributed by atoms with Gasteiger partial charge in [-0.05, 0) is 99.8 Å². The zero-order valence-corrected chi connectivity index (χ0v) is 33.4. The number of hydrogen-bond donors (Lipinski definition) is 2.